The molecule has 2 aromatic carbocycles. The van der Waals surface area contributed by atoms with Gasteiger partial charge < -0.3 is 40.1 Å². The van der Waals surface area contributed by atoms with E-state index in [1.807, 2.05) is 0 Å². The molecule has 0 atom stereocenters. The van der Waals surface area contributed by atoms with E-state index >= 15 is 0 Å². The fourth-order valence-electron chi connectivity index (χ4n) is 1.74. The van der Waals surface area contributed by atoms with Crippen LogP contribution in [-0.2, 0) is 0 Å². The number of carbonyl (C=O) groups is 2. The Bertz CT molecular complexity index is 759. The van der Waals surface area contributed by atoms with Crippen molar-refractivity contribution in [2.24, 2.45) is 0 Å². The van der Waals surface area contributed by atoms with Crippen molar-refractivity contribution in [1.82, 2.24) is 0 Å². The molecule has 0 aliphatic rings. The highest BCUT2D eigenvalue weighted by molar-refractivity contribution is 5.90. The monoisotopic (exact) mass is 368 g/mol. The summed E-state index contributed by atoms with van der Waals surface area (Å²) in [6.07, 6.45) is 0. The molecule has 10 heteroatoms. The third-order valence-electron chi connectivity index (χ3n) is 3.04. The first-order chi connectivity index (χ1) is 12.1. The molecule has 6 N–H and O–H groups in total. The van der Waals surface area contributed by atoms with Crippen molar-refractivity contribution in [2.75, 3.05) is 14.2 Å². The number of ether oxygens (including phenoxy) is 2. The van der Waals surface area contributed by atoms with Crippen LogP contribution in [0.3, 0.4) is 0 Å². The van der Waals surface area contributed by atoms with Crippen molar-refractivity contribution < 1.29 is 49.7 Å². The van der Waals surface area contributed by atoms with Gasteiger partial charge in [-0.3, -0.25) is 0 Å². The van der Waals surface area contributed by atoms with Crippen molar-refractivity contribution in [3.8, 4) is 34.5 Å². The summed E-state index contributed by atoms with van der Waals surface area (Å²) in [7, 11) is 2.53. The summed E-state index contributed by atoms with van der Waals surface area (Å²) in [5, 5.41) is 53.6. The lowest BCUT2D eigenvalue weighted by Gasteiger charge is -2.05. The molecular formula is C16H16O10. The molecule has 0 aliphatic heterocycles. The lowest BCUT2D eigenvalue weighted by molar-refractivity contribution is 0.0685. The van der Waals surface area contributed by atoms with Crippen LogP contribution in [0.25, 0.3) is 0 Å². The number of aromatic carboxylic acids is 2. The maximum Gasteiger partial charge on any atom is 0.335 e. The van der Waals surface area contributed by atoms with Gasteiger partial charge in [-0.15, -0.1) is 0 Å². The van der Waals surface area contributed by atoms with Crippen molar-refractivity contribution in [3.63, 3.8) is 0 Å². The highest BCUT2D eigenvalue weighted by Crippen LogP contribution is 2.36. The molecular weight excluding hydrogens is 352 g/mol. The first-order valence-electron chi connectivity index (χ1n) is 6.78. The number of benzene rings is 2. The summed E-state index contributed by atoms with van der Waals surface area (Å²) in [6, 6.07) is 4.13. The number of carboxylic acid groups (broad SMARTS) is 2. The predicted octanol–water partition coefficient (Wildman–Crippen LogP) is 1.61. The van der Waals surface area contributed by atoms with Gasteiger partial charge in [-0.05, 0) is 24.3 Å². The molecule has 0 heterocycles. The van der Waals surface area contributed by atoms with Crippen LogP contribution < -0.4 is 9.47 Å². The van der Waals surface area contributed by atoms with Gasteiger partial charge in [-0.2, -0.15) is 0 Å². The zero-order valence-corrected chi connectivity index (χ0v) is 13.6. The minimum absolute atomic E-state index is 0.0719. The van der Waals surface area contributed by atoms with Crippen LogP contribution in [0.2, 0.25) is 0 Å². The molecule has 2 aromatic rings. The summed E-state index contributed by atoms with van der Waals surface area (Å²) in [4.78, 5) is 21.0. The zero-order chi connectivity index (χ0) is 20.0. The van der Waals surface area contributed by atoms with E-state index < -0.39 is 34.9 Å². The van der Waals surface area contributed by atoms with Crippen LogP contribution in [0.15, 0.2) is 24.3 Å². The molecule has 140 valence electrons. The SMILES string of the molecule is COc1cc(C(=O)O)cc(O)c1O.COc1cc(C(=O)O)cc(O)c1O. The van der Waals surface area contributed by atoms with E-state index in [4.69, 9.17) is 30.6 Å². The molecule has 0 radical (unpaired) electrons. The zero-order valence-electron chi connectivity index (χ0n) is 13.6. The van der Waals surface area contributed by atoms with Crippen LogP contribution in [-0.4, -0.2) is 56.8 Å². The van der Waals surface area contributed by atoms with Crippen LogP contribution in [0.1, 0.15) is 20.7 Å². The van der Waals surface area contributed by atoms with Crippen molar-refractivity contribution >= 4 is 11.9 Å². The molecule has 2 rings (SSSR count). The maximum atomic E-state index is 10.5. The fraction of sp³-hybridized carbons (Fsp3) is 0.125. The predicted molar refractivity (Wildman–Crippen MR) is 86.6 cm³/mol. The van der Waals surface area contributed by atoms with Gasteiger partial charge in [0.1, 0.15) is 0 Å². The van der Waals surface area contributed by atoms with Gasteiger partial charge in [0.05, 0.1) is 25.3 Å². The average molecular weight is 368 g/mol. The Kier molecular flexibility index (Phi) is 6.48. The number of rotatable bonds is 4. The molecule has 0 bridgehead atoms. The van der Waals surface area contributed by atoms with Gasteiger partial charge in [0.15, 0.2) is 23.0 Å². The van der Waals surface area contributed by atoms with Crippen LogP contribution in [0.4, 0.5) is 0 Å². The second kappa shape index (κ2) is 8.33. The Balaban J connectivity index is 0.000000260. The van der Waals surface area contributed by atoms with E-state index in [2.05, 4.69) is 9.47 Å². The summed E-state index contributed by atoms with van der Waals surface area (Å²) >= 11 is 0. The van der Waals surface area contributed by atoms with E-state index in [0.29, 0.717) is 0 Å². The summed E-state index contributed by atoms with van der Waals surface area (Å²) in [6.45, 7) is 0. The number of methoxy groups -OCH3 is 2. The Morgan fingerprint density at radius 2 is 1.00 bits per heavy atom. The fourth-order valence-corrected chi connectivity index (χ4v) is 1.74. The molecule has 0 saturated heterocycles. The molecule has 0 saturated carbocycles. The van der Waals surface area contributed by atoms with Gasteiger partial charge in [0.25, 0.3) is 0 Å². The highest BCUT2D eigenvalue weighted by atomic mass is 16.5. The normalized spacial score (nSPS) is 9.62. The Morgan fingerprint density at radius 3 is 1.23 bits per heavy atom. The summed E-state index contributed by atoms with van der Waals surface area (Å²) < 4.78 is 9.29. The minimum atomic E-state index is -1.20. The number of phenols is 4. The molecule has 0 amide bonds. The Hall–Kier alpha value is -3.82. The molecule has 26 heavy (non-hydrogen) atoms. The van der Waals surface area contributed by atoms with Crippen molar-refractivity contribution in [3.05, 3.63) is 35.4 Å². The molecule has 0 unspecified atom stereocenters. The van der Waals surface area contributed by atoms with E-state index in [1.165, 1.54) is 14.2 Å². The van der Waals surface area contributed by atoms with Crippen molar-refractivity contribution in [1.29, 1.82) is 0 Å². The largest absolute Gasteiger partial charge is 0.504 e. The number of carboxylic acids is 2. The molecule has 10 nitrogen and oxygen atoms in total. The highest BCUT2D eigenvalue weighted by Gasteiger charge is 2.14. The van der Waals surface area contributed by atoms with Crippen molar-refractivity contribution in [2.45, 2.75) is 0 Å². The van der Waals surface area contributed by atoms with Crippen LogP contribution in [0, 0.1) is 0 Å². The third-order valence-corrected chi connectivity index (χ3v) is 3.04. The summed E-state index contributed by atoms with van der Waals surface area (Å²) in [5.74, 6) is -4.51. The van der Waals surface area contributed by atoms with Gasteiger partial charge >= 0.3 is 11.9 Å². The first-order valence-corrected chi connectivity index (χ1v) is 6.78. The van der Waals surface area contributed by atoms with E-state index in [9.17, 15) is 9.59 Å². The quantitative estimate of drug-likeness (QED) is 0.435. The molecule has 0 spiro atoms. The third kappa shape index (κ3) is 4.60. The number of aromatic hydroxyl groups is 4. The van der Waals surface area contributed by atoms with Gasteiger partial charge in [-0.25, -0.2) is 9.59 Å². The second-order valence-corrected chi connectivity index (χ2v) is 4.70. The van der Waals surface area contributed by atoms with E-state index in [-0.39, 0.29) is 22.6 Å². The standard InChI is InChI=1S/2C8H8O5/c2*1-13-6-3-4(8(11)12)2-5(9)7(6)10/h2*2-3,9-10H,1H3,(H,11,12). The molecule has 0 aliphatic carbocycles. The molecule has 0 aromatic heterocycles. The van der Waals surface area contributed by atoms with Crippen LogP contribution in [0.5, 0.6) is 34.5 Å². The molecule has 0 fully saturated rings. The lowest BCUT2D eigenvalue weighted by atomic mass is 10.2. The maximum absolute atomic E-state index is 10.5. The first kappa shape index (κ1) is 20.2. The Labute approximate surface area is 146 Å². The van der Waals surface area contributed by atoms with Crippen LogP contribution >= 0.6 is 0 Å². The average Bonchev–Trinajstić information content (AvgIpc) is 2.59. The van der Waals surface area contributed by atoms with E-state index in [0.717, 1.165) is 24.3 Å². The lowest BCUT2D eigenvalue weighted by Crippen LogP contribution is -1.96. The van der Waals surface area contributed by atoms with Gasteiger partial charge in [0, 0.05) is 0 Å². The smallest absolute Gasteiger partial charge is 0.335 e. The Morgan fingerprint density at radius 1 is 0.692 bits per heavy atom. The number of phenolic OH excluding ortho intramolecular Hbond substituents is 4. The van der Waals surface area contributed by atoms with E-state index in [1.54, 1.807) is 0 Å². The van der Waals surface area contributed by atoms with Gasteiger partial charge in [0.2, 0.25) is 11.5 Å². The van der Waals surface area contributed by atoms with Gasteiger partial charge in [-0.1, -0.05) is 0 Å². The topological polar surface area (TPSA) is 174 Å². The minimum Gasteiger partial charge on any atom is -0.504 e. The second-order valence-electron chi connectivity index (χ2n) is 4.70. The number of hydrogen-bond acceptors (Lipinski definition) is 8. The number of hydrogen-bond donors (Lipinski definition) is 6. The summed E-state index contributed by atoms with van der Waals surface area (Å²) in [5.41, 5.74) is -0.292.